The normalized spacial score (nSPS) is 12.4. The highest BCUT2D eigenvalue weighted by Crippen LogP contribution is 2.24. The minimum Gasteiger partial charge on any atom is -0.324 e. The standard InChI is InChI=1S/C18H23NS/c1-4-20-16-10-8-15(9-11-16)18(19)12-17-13(2)6-5-7-14(17)3/h5-11,18H,4,12,19H2,1-3H3. The quantitative estimate of drug-likeness (QED) is 0.809. The fourth-order valence-electron chi connectivity index (χ4n) is 2.49. The van der Waals surface area contributed by atoms with Crippen LogP contribution in [0.15, 0.2) is 47.4 Å². The van der Waals surface area contributed by atoms with E-state index >= 15 is 0 Å². The smallest absolute Gasteiger partial charge is 0.0335 e. The van der Waals surface area contributed by atoms with E-state index in [0.29, 0.717) is 0 Å². The van der Waals surface area contributed by atoms with Crippen molar-refractivity contribution in [2.45, 2.75) is 38.1 Å². The van der Waals surface area contributed by atoms with E-state index in [1.807, 2.05) is 11.8 Å². The van der Waals surface area contributed by atoms with Gasteiger partial charge in [0.2, 0.25) is 0 Å². The van der Waals surface area contributed by atoms with Crippen LogP contribution in [0, 0.1) is 13.8 Å². The van der Waals surface area contributed by atoms with Crippen LogP contribution < -0.4 is 5.73 Å². The van der Waals surface area contributed by atoms with Gasteiger partial charge in [0.05, 0.1) is 0 Å². The lowest BCUT2D eigenvalue weighted by molar-refractivity contribution is 0.715. The Hall–Kier alpha value is -1.25. The molecule has 0 heterocycles. The Balaban J connectivity index is 2.13. The Bertz CT molecular complexity index is 540. The molecular formula is C18H23NS. The molecule has 0 aliphatic heterocycles. The van der Waals surface area contributed by atoms with Gasteiger partial charge in [-0.15, -0.1) is 11.8 Å². The molecule has 20 heavy (non-hydrogen) atoms. The van der Waals surface area contributed by atoms with E-state index in [-0.39, 0.29) is 6.04 Å². The minimum atomic E-state index is 0.0653. The van der Waals surface area contributed by atoms with Gasteiger partial charge in [0.1, 0.15) is 0 Å². The second kappa shape index (κ2) is 6.96. The largest absolute Gasteiger partial charge is 0.324 e. The molecule has 0 saturated carbocycles. The molecule has 1 nitrogen and oxygen atoms in total. The third kappa shape index (κ3) is 3.65. The highest BCUT2D eigenvalue weighted by atomic mass is 32.2. The van der Waals surface area contributed by atoms with Gasteiger partial charge in [0.15, 0.2) is 0 Å². The molecule has 106 valence electrons. The van der Waals surface area contributed by atoms with Gasteiger partial charge >= 0.3 is 0 Å². The average molecular weight is 285 g/mol. The summed E-state index contributed by atoms with van der Waals surface area (Å²) in [5.74, 6) is 1.10. The molecule has 0 spiro atoms. The second-order valence-electron chi connectivity index (χ2n) is 5.18. The first-order chi connectivity index (χ1) is 9.61. The molecule has 0 amide bonds. The topological polar surface area (TPSA) is 26.0 Å². The molecule has 0 bridgehead atoms. The van der Waals surface area contributed by atoms with Gasteiger partial charge in [-0.05, 0) is 60.4 Å². The van der Waals surface area contributed by atoms with Crippen molar-refractivity contribution in [2.24, 2.45) is 5.73 Å². The molecule has 0 aliphatic carbocycles. The summed E-state index contributed by atoms with van der Waals surface area (Å²) in [5, 5.41) is 0. The summed E-state index contributed by atoms with van der Waals surface area (Å²) < 4.78 is 0. The number of benzene rings is 2. The minimum absolute atomic E-state index is 0.0653. The number of hydrogen-bond acceptors (Lipinski definition) is 2. The number of aryl methyl sites for hydroxylation is 2. The molecule has 0 aliphatic rings. The molecule has 0 aromatic heterocycles. The van der Waals surface area contributed by atoms with Gasteiger partial charge in [0, 0.05) is 10.9 Å². The molecule has 0 radical (unpaired) electrons. The van der Waals surface area contributed by atoms with Crippen LogP contribution in [-0.2, 0) is 6.42 Å². The van der Waals surface area contributed by atoms with Crippen LogP contribution in [0.25, 0.3) is 0 Å². The Morgan fingerprint density at radius 2 is 1.60 bits per heavy atom. The maximum atomic E-state index is 6.38. The Morgan fingerprint density at radius 3 is 2.15 bits per heavy atom. The van der Waals surface area contributed by atoms with Crippen molar-refractivity contribution in [3.05, 3.63) is 64.7 Å². The van der Waals surface area contributed by atoms with Crippen LogP contribution in [0.1, 0.15) is 35.2 Å². The lowest BCUT2D eigenvalue weighted by Crippen LogP contribution is -2.14. The van der Waals surface area contributed by atoms with E-state index in [1.165, 1.54) is 27.1 Å². The fourth-order valence-corrected chi connectivity index (χ4v) is 3.15. The third-order valence-corrected chi connectivity index (χ3v) is 4.58. The molecular weight excluding hydrogens is 262 g/mol. The van der Waals surface area contributed by atoms with Crippen molar-refractivity contribution in [3.8, 4) is 0 Å². The van der Waals surface area contributed by atoms with Crippen molar-refractivity contribution in [2.75, 3.05) is 5.75 Å². The van der Waals surface area contributed by atoms with Crippen LogP contribution in [0.3, 0.4) is 0 Å². The van der Waals surface area contributed by atoms with E-state index in [9.17, 15) is 0 Å². The summed E-state index contributed by atoms with van der Waals surface area (Å²) >= 11 is 1.86. The Labute approximate surface area is 126 Å². The molecule has 0 fully saturated rings. The van der Waals surface area contributed by atoms with Gasteiger partial charge < -0.3 is 5.73 Å². The lowest BCUT2D eigenvalue weighted by atomic mass is 9.93. The molecule has 0 saturated heterocycles. The third-order valence-electron chi connectivity index (χ3n) is 3.69. The van der Waals surface area contributed by atoms with Crippen LogP contribution in [0.5, 0.6) is 0 Å². The van der Waals surface area contributed by atoms with E-state index in [0.717, 1.165) is 12.2 Å². The van der Waals surface area contributed by atoms with Gasteiger partial charge in [-0.2, -0.15) is 0 Å². The number of nitrogens with two attached hydrogens (primary N) is 1. The monoisotopic (exact) mass is 285 g/mol. The summed E-state index contributed by atoms with van der Waals surface area (Å²) in [6, 6.07) is 15.2. The van der Waals surface area contributed by atoms with Crippen molar-refractivity contribution >= 4 is 11.8 Å². The first kappa shape index (κ1) is 15.1. The zero-order valence-electron chi connectivity index (χ0n) is 12.5. The van der Waals surface area contributed by atoms with Crippen LogP contribution in [-0.4, -0.2) is 5.75 Å². The SMILES string of the molecule is CCSc1ccc(C(N)Cc2c(C)cccc2C)cc1. The van der Waals surface area contributed by atoms with E-state index in [1.54, 1.807) is 0 Å². The fraction of sp³-hybridized carbons (Fsp3) is 0.333. The predicted octanol–water partition coefficient (Wildman–Crippen LogP) is 4.66. The van der Waals surface area contributed by atoms with E-state index < -0.39 is 0 Å². The Kier molecular flexibility index (Phi) is 5.27. The van der Waals surface area contributed by atoms with Crippen LogP contribution in [0.4, 0.5) is 0 Å². The van der Waals surface area contributed by atoms with E-state index in [4.69, 9.17) is 5.73 Å². The number of thioether (sulfide) groups is 1. The summed E-state index contributed by atoms with van der Waals surface area (Å²) in [5.41, 5.74) is 11.6. The molecule has 2 heteroatoms. The predicted molar refractivity (Wildman–Crippen MR) is 89.4 cm³/mol. The molecule has 2 rings (SSSR count). The van der Waals surface area contributed by atoms with Gasteiger partial charge in [-0.3, -0.25) is 0 Å². The summed E-state index contributed by atoms with van der Waals surface area (Å²) in [6.07, 6.45) is 0.902. The van der Waals surface area contributed by atoms with Crippen molar-refractivity contribution in [1.29, 1.82) is 0 Å². The first-order valence-electron chi connectivity index (χ1n) is 7.15. The zero-order valence-corrected chi connectivity index (χ0v) is 13.3. The van der Waals surface area contributed by atoms with E-state index in [2.05, 4.69) is 63.2 Å². The van der Waals surface area contributed by atoms with Gasteiger partial charge in [0.25, 0.3) is 0 Å². The molecule has 1 unspecified atom stereocenters. The summed E-state index contributed by atoms with van der Waals surface area (Å²) in [6.45, 7) is 6.50. The maximum Gasteiger partial charge on any atom is 0.0335 e. The molecule has 1 atom stereocenters. The maximum absolute atomic E-state index is 6.38. The van der Waals surface area contributed by atoms with Crippen LogP contribution >= 0.6 is 11.8 Å². The summed E-state index contributed by atoms with van der Waals surface area (Å²) in [7, 11) is 0. The highest BCUT2D eigenvalue weighted by molar-refractivity contribution is 7.99. The average Bonchev–Trinajstić information content (AvgIpc) is 2.44. The molecule has 2 N–H and O–H groups in total. The van der Waals surface area contributed by atoms with Crippen molar-refractivity contribution in [1.82, 2.24) is 0 Å². The summed E-state index contributed by atoms with van der Waals surface area (Å²) in [4.78, 5) is 1.32. The van der Waals surface area contributed by atoms with Gasteiger partial charge in [-0.1, -0.05) is 37.3 Å². The number of hydrogen-bond donors (Lipinski definition) is 1. The van der Waals surface area contributed by atoms with Crippen molar-refractivity contribution < 1.29 is 0 Å². The van der Waals surface area contributed by atoms with Gasteiger partial charge in [-0.25, -0.2) is 0 Å². The first-order valence-corrected chi connectivity index (χ1v) is 8.13. The molecule has 2 aromatic rings. The lowest BCUT2D eigenvalue weighted by Gasteiger charge is -2.16. The molecule has 2 aromatic carbocycles. The second-order valence-corrected chi connectivity index (χ2v) is 6.52. The number of rotatable bonds is 5. The highest BCUT2D eigenvalue weighted by Gasteiger charge is 2.10. The Morgan fingerprint density at radius 1 is 1.00 bits per heavy atom. The van der Waals surface area contributed by atoms with Crippen molar-refractivity contribution in [3.63, 3.8) is 0 Å². The van der Waals surface area contributed by atoms with Crippen LogP contribution in [0.2, 0.25) is 0 Å². The zero-order chi connectivity index (χ0) is 14.5.